The summed E-state index contributed by atoms with van der Waals surface area (Å²) >= 11 is 4.78. The second-order valence-corrected chi connectivity index (χ2v) is 7.32. The molecule has 4 heteroatoms. The zero-order valence-electron chi connectivity index (χ0n) is 16.1. The SMILES string of the molecule is C=N/N=C(/c1cc(CC)ccc1C)N(c1cccc2ccccc12)C(C)S. The Morgan fingerprint density at radius 2 is 1.85 bits per heavy atom. The second-order valence-electron chi connectivity index (χ2n) is 6.57. The number of benzene rings is 3. The van der Waals surface area contributed by atoms with Crippen LogP contribution in [0.3, 0.4) is 0 Å². The predicted molar refractivity (Wildman–Crippen MR) is 122 cm³/mol. The molecular formula is C23H25N3S. The normalized spacial score (nSPS) is 12.8. The first-order valence-electron chi connectivity index (χ1n) is 9.15. The number of hydrogen-bond donors (Lipinski definition) is 1. The first-order valence-corrected chi connectivity index (χ1v) is 9.67. The summed E-state index contributed by atoms with van der Waals surface area (Å²) in [6, 6.07) is 21.1. The average molecular weight is 376 g/mol. The molecular weight excluding hydrogens is 350 g/mol. The van der Waals surface area contributed by atoms with Crippen LogP contribution in [-0.2, 0) is 6.42 Å². The molecule has 3 nitrogen and oxygen atoms in total. The first kappa shape index (κ1) is 19.2. The van der Waals surface area contributed by atoms with Crippen molar-refractivity contribution in [1.29, 1.82) is 0 Å². The van der Waals surface area contributed by atoms with Gasteiger partial charge in [0.1, 0.15) is 0 Å². The molecule has 0 aromatic heterocycles. The van der Waals surface area contributed by atoms with Crippen LogP contribution in [-0.4, -0.2) is 17.9 Å². The fraction of sp³-hybridized carbons (Fsp3) is 0.217. The molecule has 0 saturated heterocycles. The van der Waals surface area contributed by atoms with E-state index in [0.29, 0.717) is 0 Å². The van der Waals surface area contributed by atoms with Gasteiger partial charge >= 0.3 is 0 Å². The van der Waals surface area contributed by atoms with Crippen LogP contribution in [0.15, 0.2) is 70.9 Å². The highest BCUT2D eigenvalue weighted by Gasteiger charge is 2.23. The monoisotopic (exact) mass is 375 g/mol. The Kier molecular flexibility index (Phi) is 5.97. The number of fused-ring (bicyclic) bond motifs is 1. The van der Waals surface area contributed by atoms with Crippen LogP contribution in [0, 0.1) is 6.92 Å². The van der Waals surface area contributed by atoms with E-state index in [1.165, 1.54) is 10.9 Å². The maximum atomic E-state index is 4.78. The lowest BCUT2D eigenvalue weighted by atomic mass is 10.0. The lowest BCUT2D eigenvalue weighted by molar-refractivity contribution is 0.984. The molecule has 0 amide bonds. The van der Waals surface area contributed by atoms with E-state index in [9.17, 15) is 0 Å². The Bertz CT molecular complexity index is 987. The molecule has 3 aromatic carbocycles. The lowest BCUT2D eigenvalue weighted by Gasteiger charge is -2.31. The minimum absolute atomic E-state index is 0.0963. The third-order valence-corrected chi connectivity index (χ3v) is 4.98. The Labute approximate surface area is 166 Å². The van der Waals surface area contributed by atoms with Crippen LogP contribution in [0.5, 0.6) is 0 Å². The Morgan fingerprint density at radius 1 is 1.11 bits per heavy atom. The van der Waals surface area contributed by atoms with Gasteiger partial charge in [-0.15, -0.1) is 5.10 Å². The summed E-state index contributed by atoms with van der Waals surface area (Å²) in [5.74, 6) is 0.761. The Hall–Kier alpha value is -2.59. The fourth-order valence-electron chi connectivity index (χ4n) is 3.34. The van der Waals surface area contributed by atoms with Crippen molar-refractivity contribution >= 4 is 41.6 Å². The maximum Gasteiger partial charge on any atom is 0.164 e. The zero-order valence-corrected chi connectivity index (χ0v) is 16.9. The van der Waals surface area contributed by atoms with Crippen molar-refractivity contribution in [3.63, 3.8) is 0 Å². The van der Waals surface area contributed by atoms with Crippen LogP contribution >= 0.6 is 12.6 Å². The van der Waals surface area contributed by atoms with E-state index in [-0.39, 0.29) is 5.37 Å². The van der Waals surface area contributed by atoms with Gasteiger partial charge in [0.15, 0.2) is 5.84 Å². The van der Waals surface area contributed by atoms with Gasteiger partial charge in [-0.1, -0.05) is 55.5 Å². The summed E-state index contributed by atoms with van der Waals surface area (Å²) in [6.45, 7) is 9.90. The summed E-state index contributed by atoms with van der Waals surface area (Å²) in [4.78, 5) is 2.13. The molecule has 1 unspecified atom stereocenters. The average Bonchev–Trinajstić information content (AvgIpc) is 2.68. The third kappa shape index (κ3) is 3.91. The van der Waals surface area contributed by atoms with Gasteiger partial charge in [0.25, 0.3) is 0 Å². The molecule has 0 fully saturated rings. The highest BCUT2D eigenvalue weighted by Crippen LogP contribution is 2.31. The number of aryl methyl sites for hydroxylation is 2. The van der Waals surface area contributed by atoms with Crippen LogP contribution in [0.2, 0.25) is 0 Å². The van der Waals surface area contributed by atoms with Crippen molar-refractivity contribution < 1.29 is 0 Å². The van der Waals surface area contributed by atoms with Crippen molar-refractivity contribution in [2.75, 3.05) is 4.90 Å². The van der Waals surface area contributed by atoms with Crippen LogP contribution in [0.25, 0.3) is 10.8 Å². The Balaban J connectivity index is 2.25. The topological polar surface area (TPSA) is 28.0 Å². The van der Waals surface area contributed by atoms with E-state index >= 15 is 0 Å². The molecule has 3 aromatic rings. The van der Waals surface area contributed by atoms with Gasteiger partial charge < -0.3 is 4.90 Å². The van der Waals surface area contributed by atoms with Crippen LogP contribution in [0.4, 0.5) is 5.69 Å². The maximum absolute atomic E-state index is 4.78. The molecule has 0 aliphatic carbocycles. The van der Waals surface area contributed by atoms with Gasteiger partial charge in [0, 0.05) is 17.7 Å². The lowest BCUT2D eigenvalue weighted by Crippen LogP contribution is -2.37. The van der Waals surface area contributed by atoms with E-state index in [0.717, 1.165) is 34.5 Å². The minimum Gasteiger partial charge on any atom is -0.312 e. The van der Waals surface area contributed by atoms with Crippen molar-refractivity contribution in [1.82, 2.24) is 0 Å². The summed E-state index contributed by atoms with van der Waals surface area (Å²) in [5.41, 5.74) is 4.51. The summed E-state index contributed by atoms with van der Waals surface area (Å²) in [5, 5.41) is 10.6. The molecule has 138 valence electrons. The molecule has 3 rings (SSSR count). The standard InChI is InChI=1S/C23H25N3S/c1-5-18-14-13-16(2)21(15-18)23(25-24-4)26(17(3)27)22-12-8-10-19-9-6-7-11-20(19)22/h6-15,17,27H,4-5H2,1-3H3/b25-23-. The van der Waals surface area contributed by atoms with E-state index < -0.39 is 0 Å². The highest BCUT2D eigenvalue weighted by atomic mass is 32.1. The molecule has 0 heterocycles. The molecule has 0 aliphatic rings. The number of anilines is 1. The third-order valence-electron chi connectivity index (χ3n) is 4.74. The molecule has 1 atom stereocenters. The number of rotatable bonds is 5. The molecule has 0 spiro atoms. The van der Waals surface area contributed by atoms with E-state index in [2.05, 4.69) is 96.3 Å². The smallest absolute Gasteiger partial charge is 0.164 e. The summed E-state index contributed by atoms with van der Waals surface area (Å²) in [6.07, 6.45) is 0.965. The highest BCUT2D eigenvalue weighted by molar-refractivity contribution is 7.81. The fourth-order valence-corrected chi connectivity index (χ4v) is 3.57. The van der Waals surface area contributed by atoms with Gasteiger partial charge in [0.2, 0.25) is 0 Å². The molecule has 27 heavy (non-hydrogen) atoms. The number of amidine groups is 1. The summed E-state index contributed by atoms with van der Waals surface area (Å²) < 4.78 is 0. The van der Waals surface area contributed by atoms with Crippen molar-refractivity contribution in [2.24, 2.45) is 10.2 Å². The van der Waals surface area contributed by atoms with E-state index in [1.807, 2.05) is 6.92 Å². The molecule has 0 bridgehead atoms. The summed E-state index contributed by atoms with van der Waals surface area (Å²) in [7, 11) is 0. The molecule has 0 N–H and O–H groups in total. The minimum atomic E-state index is -0.0963. The predicted octanol–water partition coefficient (Wildman–Crippen LogP) is 5.86. The molecule has 0 aliphatic heterocycles. The van der Waals surface area contributed by atoms with Gasteiger partial charge in [-0.05, 0) is 48.9 Å². The first-order chi connectivity index (χ1) is 13.1. The van der Waals surface area contributed by atoms with E-state index in [4.69, 9.17) is 12.6 Å². The Morgan fingerprint density at radius 3 is 2.56 bits per heavy atom. The van der Waals surface area contributed by atoms with Crippen LogP contribution < -0.4 is 4.90 Å². The number of hydrogen-bond acceptors (Lipinski definition) is 3. The van der Waals surface area contributed by atoms with Gasteiger partial charge in [-0.25, -0.2) is 0 Å². The zero-order chi connectivity index (χ0) is 19.4. The molecule has 0 saturated carbocycles. The second kappa shape index (κ2) is 8.40. The van der Waals surface area contributed by atoms with Crippen molar-refractivity contribution in [3.8, 4) is 0 Å². The quantitative estimate of drug-likeness (QED) is 0.195. The van der Waals surface area contributed by atoms with Gasteiger partial charge in [0.05, 0.1) is 11.1 Å². The van der Waals surface area contributed by atoms with Crippen molar-refractivity contribution in [3.05, 3.63) is 77.4 Å². The van der Waals surface area contributed by atoms with E-state index in [1.54, 1.807) is 0 Å². The van der Waals surface area contributed by atoms with Gasteiger partial charge in [-0.2, -0.15) is 17.7 Å². The molecule has 0 radical (unpaired) electrons. The number of nitrogens with zero attached hydrogens (tertiary/aromatic N) is 3. The van der Waals surface area contributed by atoms with Gasteiger partial charge in [-0.3, -0.25) is 0 Å². The van der Waals surface area contributed by atoms with Crippen LogP contribution in [0.1, 0.15) is 30.5 Å². The van der Waals surface area contributed by atoms with Crippen molar-refractivity contribution in [2.45, 2.75) is 32.6 Å². The number of thiol groups is 1. The largest absolute Gasteiger partial charge is 0.312 e.